The molecule has 0 saturated heterocycles. The molecular weight excluding hydrogens is 158 g/mol. The van der Waals surface area contributed by atoms with Gasteiger partial charge in [-0.15, -0.1) is 4.83 Å². The molecule has 0 aliphatic carbocycles. The Hall–Kier alpha value is -0.660. The molecule has 0 rings (SSSR count). The summed E-state index contributed by atoms with van der Waals surface area (Å²) >= 11 is 0. The van der Waals surface area contributed by atoms with Crippen molar-refractivity contribution in [3.63, 3.8) is 0 Å². The molecule has 0 bridgehead atoms. The van der Waals surface area contributed by atoms with Gasteiger partial charge in [-0.05, 0) is 0 Å². The fourth-order valence-corrected chi connectivity index (χ4v) is 0.500. The van der Waals surface area contributed by atoms with Gasteiger partial charge in [0.05, 0.1) is 12.8 Å². The molecule has 0 atom stereocenters. The van der Waals surface area contributed by atoms with Crippen LogP contribution in [0.2, 0.25) is 0 Å². The molecule has 0 unspecified atom stereocenters. The molecule has 0 fully saturated rings. The van der Waals surface area contributed by atoms with Gasteiger partial charge in [-0.2, -0.15) is 0 Å². The first-order chi connectivity index (χ1) is 4.45. The molecule has 0 radical (unpaired) electrons. The number of hydrogen-bond acceptors (Lipinski definition) is 4. The van der Waals surface area contributed by atoms with Crippen LogP contribution in [-0.2, 0) is 14.8 Å². The lowest BCUT2D eigenvalue weighted by molar-refractivity contribution is -0.120. The molecule has 0 aromatic carbocycles. The van der Waals surface area contributed by atoms with Gasteiger partial charge in [0.2, 0.25) is 15.9 Å². The van der Waals surface area contributed by atoms with Crippen molar-refractivity contribution < 1.29 is 13.2 Å². The topological polar surface area (TPSA) is 101 Å². The second kappa shape index (κ2) is 3.49. The van der Waals surface area contributed by atoms with E-state index in [4.69, 9.17) is 5.73 Å². The van der Waals surface area contributed by atoms with Crippen molar-refractivity contribution in [2.45, 2.75) is 0 Å². The van der Waals surface area contributed by atoms with E-state index in [1.165, 1.54) is 0 Å². The number of hydrazine groups is 1. The Balaban J connectivity index is 3.67. The number of sulfonamides is 1. The number of nitrogens with two attached hydrogens (primary N) is 1. The molecular formula is C3H9N3O3S. The molecule has 10 heavy (non-hydrogen) atoms. The van der Waals surface area contributed by atoms with Gasteiger partial charge >= 0.3 is 0 Å². The zero-order valence-electron chi connectivity index (χ0n) is 5.42. The van der Waals surface area contributed by atoms with Crippen LogP contribution >= 0.6 is 0 Å². The minimum absolute atomic E-state index is 0.248. The Bertz CT molecular complexity index is 209. The van der Waals surface area contributed by atoms with Crippen molar-refractivity contribution >= 4 is 15.9 Å². The van der Waals surface area contributed by atoms with Crippen molar-refractivity contribution in [1.82, 2.24) is 10.3 Å². The maximum atomic E-state index is 10.3. The van der Waals surface area contributed by atoms with Crippen LogP contribution in [-0.4, -0.2) is 27.1 Å². The van der Waals surface area contributed by atoms with Gasteiger partial charge in [-0.1, -0.05) is 0 Å². The Morgan fingerprint density at radius 2 is 2.10 bits per heavy atom. The van der Waals surface area contributed by atoms with Gasteiger partial charge in [0, 0.05) is 0 Å². The van der Waals surface area contributed by atoms with Crippen LogP contribution in [0.3, 0.4) is 0 Å². The average Bonchev–Trinajstić information content (AvgIpc) is 1.81. The Labute approximate surface area is 58.8 Å². The smallest absolute Gasteiger partial charge is 0.248 e. The third kappa shape index (κ3) is 5.48. The van der Waals surface area contributed by atoms with Crippen LogP contribution in [0.1, 0.15) is 0 Å². The van der Waals surface area contributed by atoms with E-state index < -0.39 is 15.9 Å². The highest BCUT2D eigenvalue weighted by Crippen LogP contribution is 1.66. The van der Waals surface area contributed by atoms with Crippen molar-refractivity contribution in [3.8, 4) is 0 Å². The third-order valence-corrected chi connectivity index (χ3v) is 1.03. The molecule has 4 N–H and O–H groups in total. The molecule has 0 aliphatic heterocycles. The number of carbonyl (C=O) groups excluding carboxylic acids is 1. The van der Waals surface area contributed by atoms with E-state index >= 15 is 0 Å². The normalized spacial score (nSPS) is 11.0. The molecule has 0 aromatic rings. The lowest BCUT2D eigenvalue weighted by Crippen LogP contribution is -2.43. The minimum atomic E-state index is -3.37. The van der Waals surface area contributed by atoms with Gasteiger partial charge in [0.1, 0.15) is 0 Å². The van der Waals surface area contributed by atoms with Crippen LogP contribution in [0.15, 0.2) is 0 Å². The van der Waals surface area contributed by atoms with E-state index in [-0.39, 0.29) is 6.54 Å². The average molecular weight is 167 g/mol. The molecule has 1 amide bonds. The Morgan fingerprint density at radius 1 is 1.60 bits per heavy atom. The van der Waals surface area contributed by atoms with Crippen molar-refractivity contribution in [3.05, 3.63) is 0 Å². The first-order valence-corrected chi connectivity index (χ1v) is 4.30. The summed E-state index contributed by atoms with van der Waals surface area (Å²) in [6, 6.07) is 0. The zero-order chi connectivity index (χ0) is 8.20. The highest BCUT2D eigenvalue weighted by atomic mass is 32.2. The Morgan fingerprint density at radius 3 is 2.40 bits per heavy atom. The molecule has 0 spiro atoms. The van der Waals surface area contributed by atoms with Crippen molar-refractivity contribution in [2.75, 3.05) is 12.8 Å². The number of carbonyl (C=O) groups is 1. The van der Waals surface area contributed by atoms with Crippen LogP contribution in [0.4, 0.5) is 0 Å². The van der Waals surface area contributed by atoms with Crippen LogP contribution in [0.25, 0.3) is 0 Å². The summed E-state index contributed by atoms with van der Waals surface area (Å²) in [6.07, 6.45) is 0.920. The SMILES string of the molecule is CS(=O)(=O)NNC(=O)CN. The predicted octanol–water partition coefficient (Wildman–Crippen LogP) is -2.47. The zero-order valence-corrected chi connectivity index (χ0v) is 6.23. The van der Waals surface area contributed by atoms with E-state index in [0.29, 0.717) is 0 Å². The maximum absolute atomic E-state index is 10.3. The number of rotatable bonds is 3. The first-order valence-electron chi connectivity index (χ1n) is 2.41. The van der Waals surface area contributed by atoms with Gasteiger partial charge in [0.15, 0.2) is 0 Å². The maximum Gasteiger partial charge on any atom is 0.248 e. The second-order valence-electron chi connectivity index (χ2n) is 1.63. The lowest BCUT2D eigenvalue weighted by atomic mass is 10.7. The quantitative estimate of drug-likeness (QED) is 0.405. The Kier molecular flexibility index (Phi) is 3.26. The number of hydrogen-bond donors (Lipinski definition) is 3. The van der Waals surface area contributed by atoms with Crippen molar-refractivity contribution in [2.24, 2.45) is 5.73 Å². The highest BCUT2D eigenvalue weighted by molar-refractivity contribution is 7.88. The third-order valence-electron chi connectivity index (χ3n) is 0.561. The van der Waals surface area contributed by atoms with Crippen LogP contribution in [0, 0.1) is 0 Å². The monoisotopic (exact) mass is 167 g/mol. The molecule has 0 heterocycles. The van der Waals surface area contributed by atoms with Gasteiger partial charge < -0.3 is 5.73 Å². The highest BCUT2D eigenvalue weighted by Gasteiger charge is 2.01. The summed E-state index contributed by atoms with van der Waals surface area (Å²) in [6.45, 7) is -0.248. The second-order valence-corrected chi connectivity index (χ2v) is 3.37. The largest absolute Gasteiger partial charge is 0.322 e. The summed E-state index contributed by atoms with van der Waals surface area (Å²) in [5.41, 5.74) is 6.72. The summed E-state index contributed by atoms with van der Waals surface area (Å²) < 4.78 is 20.6. The van der Waals surface area contributed by atoms with E-state index in [1.54, 1.807) is 4.83 Å². The van der Waals surface area contributed by atoms with Crippen molar-refractivity contribution in [1.29, 1.82) is 0 Å². The fourth-order valence-electron chi connectivity index (χ4n) is 0.201. The minimum Gasteiger partial charge on any atom is -0.322 e. The number of amides is 1. The summed E-state index contributed by atoms with van der Waals surface area (Å²) in [5.74, 6) is -0.578. The van der Waals surface area contributed by atoms with E-state index in [0.717, 1.165) is 6.26 Å². The fraction of sp³-hybridized carbons (Fsp3) is 0.667. The summed E-state index contributed by atoms with van der Waals surface area (Å²) in [5, 5.41) is 0. The molecule has 0 aliphatic rings. The molecule has 0 saturated carbocycles. The van der Waals surface area contributed by atoms with Gasteiger partial charge in [-0.3, -0.25) is 10.2 Å². The molecule has 7 heteroatoms. The molecule has 0 aromatic heterocycles. The van der Waals surface area contributed by atoms with E-state index in [1.807, 2.05) is 5.43 Å². The standard InChI is InChI=1S/C3H9N3O3S/c1-10(8,9)6-5-3(7)2-4/h6H,2,4H2,1H3,(H,5,7). The molecule has 6 nitrogen and oxygen atoms in total. The van der Waals surface area contributed by atoms with Gasteiger partial charge in [0.25, 0.3) is 0 Å². The predicted molar refractivity (Wildman–Crippen MR) is 35.2 cm³/mol. The first kappa shape index (κ1) is 9.34. The lowest BCUT2D eigenvalue weighted by Gasteiger charge is -2.01. The van der Waals surface area contributed by atoms with Crippen LogP contribution < -0.4 is 16.0 Å². The number of nitrogens with one attached hydrogen (secondary N) is 2. The van der Waals surface area contributed by atoms with E-state index in [9.17, 15) is 13.2 Å². The van der Waals surface area contributed by atoms with E-state index in [2.05, 4.69) is 0 Å². The summed E-state index contributed by atoms with van der Waals surface area (Å²) in [4.78, 5) is 12.1. The van der Waals surface area contributed by atoms with Gasteiger partial charge in [-0.25, -0.2) is 8.42 Å². The summed E-state index contributed by atoms with van der Waals surface area (Å²) in [7, 11) is -3.37. The molecule has 60 valence electrons. The van der Waals surface area contributed by atoms with Crippen LogP contribution in [0.5, 0.6) is 0 Å².